The average Bonchev–Trinajstić information content (AvgIpc) is 3.23. The molecule has 2 aliphatic rings. The molecule has 0 spiro atoms. The first-order valence-corrected chi connectivity index (χ1v) is 8.61. The fourth-order valence-electron chi connectivity index (χ4n) is 3.08. The number of urea groups is 1. The Balaban J connectivity index is 1.46. The Kier molecular flexibility index (Phi) is 3.53. The number of amides is 3. The van der Waals surface area contributed by atoms with Crippen LogP contribution in [0.1, 0.15) is 26.5 Å². The van der Waals surface area contributed by atoms with Gasteiger partial charge in [0.05, 0.1) is 4.88 Å². The minimum Gasteiger partial charge on any atom is -0.336 e. The third kappa shape index (κ3) is 2.70. The Morgan fingerprint density at radius 3 is 2.74 bits per heavy atom. The van der Waals surface area contributed by atoms with Crippen LogP contribution in [0.15, 0.2) is 30.3 Å². The van der Waals surface area contributed by atoms with Crippen molar-refractivity contribution in [2.24, 2.45) is 0 Å². The van der Waals surface area contributed by atoms with Crippen molar-refractivity contribution in [3.8, 4) is 0 Å². The first kappa shape index (κ1) is 14.3. The number of carbonyl (C=O) groups excluding carboxylic acids is 2. The molecule has 0 radical (unpaired) electrons. The van der Waals surface area contributed by atoms with Crippen LogP contribution in [-0.2, 0) is 12.8 Å². The van der Waals surface area contributed by atoms with Gasteiger partial charge in [0.25, 0.3) is 5.91 Å². The number of carbonyl (C=O) groups is 2. The van der Waals surface area contributed by atoms with E-state index in [0.717, 1.165) is 29.1 Å². The fraction of sp³-hybridized carbons (Fsp3) is 0.294. The molecule has 1 aromatic carbocycles. The minimum absolute atomic E-state index is 0.0592. The van der Waals surface area contributed by atoms with Crippen LogP contribution in [-0.4, -0.2) is 25.0 Å². The van der Waals surface area contributed by atoms with Gasteiger partial charge >= 0.3 is 6.03 Å². The van der Waals surface area contributed by atoms with Gasteiger partial charge in [0.15, 0.2) is 0 Å². The maximum absolute atomic E-state index is 12.3. The van der Waals surface area contributed by atoms with E-state index in [1.54, 1.807) is 16.2 Å². The molecule has 23 heavy (non-hydrogen) atoms. The van der Waals surface area contributed by atoms with E-state index < -0.39 is 0 Å². The fourth-order valence-corrected chi connectivity index (χ4v) is 4.23. The highest BCUT2D eigenvalue weighted by atomic mass is 32.1. The van der Waals surface area contributed by atoms with Crippen molar-refractivity contribution in [2.75, 3.05) is 23.3 Å². The Bertz CT molecular complexity index is 745. The second-order valence-electron chi connectivity index (χ2n) is 5.80. The number of fused-ring (bicyclic) bond motifs is 1. The summed E-state index contributed by atoms with van der Waals surface area (Å²) in [4.78, 5) is 27.8. The van der Waals surface area contributed by atoms with Crippen LogP contribution >= 0.6 is 11.3 Å². The second kappa shape index (κ2) is 5.70. The van der Waals surface area contributed by atoms with E-state index in [9.17, 15) is 9.59 Å². The Morgan fingerprint density at radius 2 is 2.04 bits per heavy atom. The van der Waals surface area contributed by atoms with Gasteiger partial charge in [-0.1, -0.05) is 0 Å². The molecule has 0 saturated carbocycles. The van der Waals surface area contributed by atoms with Gasteiger partial charge in [0, 0.05) is 29.3 Å². The average molecular weight is 327 g/mol. The molecule has 4 rings (SSSR count). The molecule has 5 nitrogen and oxygen atoms in total. The number of hydrogen-bond donors (Lipinski definition) is 2. The molecule has 3 amide bonds. The van der Waals surface area contributed by atoms with Crippen molar-refractivity contribution >= 4 is 34.6 Å². The number of benzene rings is 1. The van der Waals surface area contributed by atoms with Crippen LogP contribution in [0.25, 0.3) is 0 Å². The molecule has 1 aliphatic carbocycles. The first-order valence-electron chi connectivity index (χ1n) is 7.79. The maximum Gasteiger partial charge on any atom is 0.321 e. The Labute approximate surface area is 138 Å². The summed E-state index contributed by atoms with van der Waals surface area (Å²) in [6.07, 6.45) is 3.39. The first-order chi connectivity index (χ1) is 11.2. The maximum atomic E-state index is 12.3. The summed E-state index contributed by atoms with van der Waals surface area (Å²) in [5.74, 6) is -0.0592. The highest BCUT2D eigenvalue weighted by Crippen LogP contribution is 2.31. The molecular formula is C17H17N3O2S. The summed E-state index contributed by atoms with van der Waals surface area (Å²) < 4.78 is 0. The van der Waals surface area contributed by atoms with Crippen LogP contribution in [0.5, 0.6) is 0 Å². The summed E-state index contributed by atoms with van der Waals surface area (Å²) in [7, 11) is 0. The molecule has 0 atom stereocenters. The lowest BCUT2D eigenvalue weighted by molar-refractivity contribution is 0.103. The van der Waals surface area contributed by atoms with E-state index in [2.05, 4.69) is 10.6 Å². The molecule has 1 aromatic heterocycles. The predicted molar refractivity (Wildman–Crippen MR) is 91.5 cm³/mol. The number of aryl methyl sites for hydroxylation is 2. The normalized spacial score (nSPS) is 16.3. The molecule has 2 N–H and O–H groups in total. The third-order valence-corrected chi connectivity index (χ3v) is 5.50. The van der Waals surface area contributed by atoms with Crippen molar-refractivity contribution in [3.05, 3.63) is 45.6 Å². The summed E-state index contributed by atoms with van der Waals surface area (Å²) >= 11 is 1.60. The monoisotopic (exact) mass is 327 g/mol. The van der Waals surface area contributed by atoms with Crippen molar-refractivity contribution in [1.82, 2.24) is 5.32 Å². The van der Waals surface area contributed by atoms with Crippen LogP contribution < -0.4 is 15.5 Å². The van der Waals surface area contributed by atoms with Crippen LogP contribution in [0, 0.1) is 0 Å². The molecule has 2 heterocycles. The molecule has 1 aliphatic heterocycles. The van der Waals surface area contributed by atoms with Gasteiger partial charge in [0.1, 0.15) is 0 Å². The van der Waals surface area contributed by atoms with E-state index in [4.69, 9.17) is 0 Å². The molecule has 0 bridgehead atoms. The van der Waals surface area contributed by atoms with E-state index in [1.807, 2.05) is 30.3 Å². The standard InChI is InChI=1S/C17H17N3O2S/c21-16(15-10-11-2-1-3-14(11)23-15)19-12-4-6-13(7-5-12)20-9-8-18-17(20)22/h4-7,10H,1-3,8-9H2,(H,18,22)(H,19,21). The van der Waals surface area contributed by atoms with Crippen LogP contribution in [0.4, 0.5) is 16.2 Å². The van der Waals surface area contributed by atoms with Crippen molar-refractivity contribution < 1.29 is 9.59 Å². The number of rotatable bonds is 3. The highest BCUT2D eigenvalue weighted by molar-refractivity contribution is 7.14. The number of hydrogen-bond acceptors (Lipinski definition) is 3. The van der Waals surface area contributed by atoms with Crippen molar-refractivity contribution in [3.63, 3.8) is 0 Å². The van der Waals surface area contributed by atoms with Gasteiger partial charge < -0.3 is 10.6 Å². The van der Waals surface area contributed by atoms with E-state index in [0.29, 0.717) is 13.1 Å². The molecule has 1 saturated heterocycles. The molecule has 2 aromatic rings. The number of thiophene rings is 1. The van der Waals surface area contributed by atoms with E-state index in [-0.39, 0.29) is 11.9 Å². The summed E-state index contributed by atoms with van der Waals surface area (Å²) in [6, 6.07) is 9.32. The minimum atomic E-state index is -0.0742. The molecular weight excluding hydrogens is 310 g/mol. The highest BCUT2D eigenvalue weighted by Gasteiger charge is 2.21. The SMILES string of the molecule is O=C(Nc1ccc(N2CCNC2=O)cc1)c1cc2c(s1)CCC2. The Morgan fingerprint density at radius 1 is 1.22 bits per heavy atom. The number of anilines is 2. The zero-order chi connectivity index (χ0) is 15.8. The van der Waals surface area contributed by atoms with Crippen molar-refractivity contribution in [1.29, 1.82) is 0 Å². The van der Waals surface area contributed by atoms with Gasteiger partial charge in [0.2, 0.25) is 0 Å². The van der Waals surface area contributed by atoms with Crippen LogP contribution in [0.3, 0.4) is 0 Å². The zero-order valence-electron chi connectivity index (χ0n) is 12.6. The summed E-state index contributed by atoms with van der Waals surface area (Å²) in [5.41, 5.74) is 2.91. The molecule has 118 valence electrons. The quantitative estimate of drug-likeness (QED) is 0.910. The van der Waals surface area contributed by atoms with Crippen LogP contribution in [0.2, 0.25) is 0 Å². The largest absolute Gasteiger partial charge is 0.336 e. The molecule has 0 unspecified atom stereocenters. The number of nitrogens with one attached hydrogen (secondary N) is 2. The number of nitrogens with zero attached hydrogens (tertiary/aromatic N) is 1. The van der Waals surface area contributed by atoms with Crippen molar-refractivity contribution in [2.45, 2.75) is 19.3 Å². The predicted octanol–water partition coefficient (Wildman–Crippen LogP) is 3.02. The lowest BCUT2D eigenvalue weighted by Crippen LogP contribution is -2.27. The third-order valence-electron chi connectivity index (χ3n) is 4.26. The Hall–Kier alpha value is -2.34. The van der Waals surface area contributed by atoms with Gasteiger partial charge in [-0.05, 0) is 55.2 Å². The summed E-state index contributed by atoms with van der Waals surface area (Å²) in [5, 5.41) is 5.70. The molecule has 1 fully saturated rings. The van der Waals surface area contributed by atoms with E-state index >= 15 is 0 Å². The summed E-state index contributed by atoms with van der Waals surface area (Å²) in [6.45, 7) is 1.34. The van der Waals surface area contributed by atoms with Gasteiger partial charge in [-0.2, -0.15) is 0 Å². The van der Waals surface area contributed by atoms with Gasteiger partial charge in [-0.3, -0.25) is 9.69 Å². The smallest absolute Gasteiger partial charge is 0.321 e. The lowest BCUT2D eigenvalue weighted by atomic mass is 10.2. The molecule has 6 heteroatoms. The lowest BCUT2D eigenvalue weighted by Gasteiger charge is -2.14. The zero-order valence-corrected chi connectivity index (χ0v) is 13.4. The van der Waals surface area contributed by atoms with Gasteiger partial charge in [-0.15, -0.1) is 11.3 Å². The van der Waals surface area contributed by atoms with Gasteiger partial charge in [-0.25, -0.2) is 4.79 Å². The topological polar surface area (TPSA) is 61.4 Å². The van der Waals surface area contributed by atoms with E-state index in [1.165, 1.54) is 16.9 Å². The second-order valence-corrected chi connectivity index (χ2v) is 6.93.